The van der Waals surface area contributed by atoms with Crippen LogP contribution in [-0.4, -0.2) is 19.0 Å². The van der Waals surface area contributed by atoms with E-state index in [4.69, 9.17) is 20.5 Å². The van der Waals surface area contributed by atoms with E-state index < -0.39 is 11.9 Å². The number of imide groups is 1. The fourth-order valence-electron chi connectivity index (χ4n) is 2.88. The molecular formula is C23H19N3O4. The number of hydrogen-bond donors (Lipinski definition) is 2. The van der Waals surface area contributed by atoms with Gasteiger partial charge in [0, 0.05) is 0 Å². The molecule has 150 valence electrons. The van der Waals surface area contributed by atoms with Crippen molar-refractivity contribution in [3.05, 3.63) is 77.4 Å². The van der Waals surface area contributed by atoms with Crippen LogP contribution in [0.4, 0.5) is 4.79 Å². The first-order valence-corrected chi connectivity index (χ1v) is 9.01. The number of carbonyl (C=O) groups is 2. The Bertz CT molecular complexity index is 1180. The highest BCUT2D eigenvalue weighted by Crippen LogP contribution is 2.30. The summed E-state index contributed by atoms with van der Waals surface area (Å²) in [5.74, 6) is 0.0839. The van der Waals surface area contributed by atoms with Gasteiger partial charge in [-0.15, -0.1) is 0 Å². The Morgan fingerprint density at radius 2 is 1.83 bits per heavy atom. The second kappa shape index (κ2) is 9.26. The van der Waals surface area contributed by atoms with Gasteiger partial charge >= 0.3 is 6.03 Å². The van der Waals surface area contributed by atoms with Gasteiger partial charge < -0.3 is 15.2 Å². The highest BCUT2D eigenvalue weighted by Gasteiger charge is 2.12. The average Bonchev–Trinajstić information content (AvgIpc) is 2.75. The Kier molecular flexibility index (Phi) is 6.30. The van der Waals surface area contributed by atoms with Crippen molar-refractivity contribution in [1.29, 1.82) is 5.26 Å². The molecule has 0 heterocycles. The molecule has 3 N–H and O–H groups in total. The molecule has 0 unspecified atom stereocenters. The lowest BCUT2D eigenvalue weighted by Gasteiger charge is -2.12. The number of carbonyl (C=O) groups excluding carboxylic acids is 2. The molecule has 0 saturated carbocycles. The average molecular weight is 401 g/mol. The molecule has 7 heteroatoms. The minimum absolute atomic E-state index is 0.263. The predicted molar refractivity (Wildman–Crippen MR) is 113 cm³/mol. The van der Waals surface area contributed by atoms with Crippen molar-refractivity contribution in [3.8, 4) is 17.6 Å². The summed E-state index contributed by atoms with van der Waals surface area (Å²) >= 11 is 0. The minimum atomic E-state index is -1.03. The number of nitrogens with zero attached hydrogens (tertiary/aromatic N) is 1. The van der Waals surface area contributed by atoms with Crippen LogP contribution in [0.25, 0.3) is 16.8 Å². The molecule has 0 fully saturated rings. The summed E-state index contributed by atoms with van der Waals surface area (Å²) in [6, 6.07) is 19.9. The van der Waals surface area contributed by atoms with Crippen molar-refractivity contribution in [2.75, 3.05) is 7.11 Å². The molecule has 0 spiro atoms. The summed E-state index contributed by atoms with van der Waals surface area (Å²) in [5, 5.41) is 13.3. The molecule has 3 amide bonds. The van der Waals surface area contributed by atoms with Crippen LogP contribution >= 0.6 is 0 Å². The maximum Gasteiger partial charge on any atom is 0.319 e. The van der Waals surface area contributed by atoms with Crippen LogP contribution in [0.1, 0.15) is 11.1 Å². The summed E-state index contributed by atoms with van der Waals surface area (Å²) < 4.78 is 11.3. The summed E-state index contributed by atoms with van der Waals surface area (Å²) in [6.07, 6.45) is 1.33. The minimum Gasteiger partial charge on any atom is -0.493 e. The number of rotatable bonds is 6. The number of hydrogen-bond acceptors (Lipinski definition) is 5. The van der Waals surface area contributed by atoms with E-state index in [-0.39, 0.29) is 5.57 Å². The molecule has 0 aliphatic carbocycles. The first-order valence-electron chi connectivity index (χ1n) is 9.01. The Hall–Kier alpha value is -4.31. The van der Waals surface area contributed by atoms with Gasteiger partial charge in [-0.3, -0.25) is 10.1 Å². The molecule has 0 aromatic heterocycles. The van der Waals surface area contributed by atoms with Gasteiger partial charge in [-0.05, 0) is 46.2 Å². The summed E-state index contributed by atoms with van der Waals surface area (Å²) in [7, 11) is 1.50. The van der Waals surface area contributed by atoms with Crippen molar-refractivity contribution in [2.45, 2.75) is 6.61 Å². The summed E-state index contributed by atoms with van der Waals surface area (Å²) in [6.45, 7) is 0.348. The van der Waals surface area contributed by atoms with Gasteiger partial charge in [0.15, 0.2) is 11.5 Å². The van der Waals surface area contributed by atoms with E-state index in [1.54, 1.807) is 24.3 Å². The number of methoxy groups -OCH3 is 1. The number of nitrogens with one attached hydrogen (secondary N) is 1. The summed E-state index contributed by atoms with van der Waals surface area (Å²) in [4.78, 5) is 22.6. The first-order chi connectivity index (χ1) is 14.5. The lowest BCUT2D eigenvalue weighted by molar-refractivity contribution is -0.115. The zero-order chi connectivity index (χ0) is 21.5. The van der Waals surface area contributed by atoms with Crippen LogP contribution in [-0.2, 0) is 11.4 Å². The largest absolute Gasteiger partial charge is 0.493 e. The predicted octanol–water partition coefficient (Wildman–Crippen LogP) is 3.53. The first kappa shape index (κ1) is 20.4. The number of fused-ring (bicyclic) bond motifs is 1. The monoisotopic (exact) mass is 401 g/mol. The molecule has 0 saturated heterocycles. The fourth-order valence-corrected chi connectivity index (χ4v) is 2.88. The van der Waals surface area contributed by atoms with Gasteiger partial charge in [0.2, 0.25) is 0 Å². The SMILES string of the molecule is COc1cc(/C=C(/C#N)C(=O)NC(N)=O)ccc1OCc1ccc2ccccc2c1. The molecule has 3 aromatic carbocycles. The number of urea groups is 1. The molecule has 0 atom stereocenters. The lowest BCUT2D eigenvalue weighted by atomic mass is 10.1. The van der Waals surface area contributed by atoms with E-state index in [1.165, 1.54) is 13.2 Å². The molecule has 0 radical (unpaired) electrons. The number of nitrogens with two attached hydrogens (primary N) is 1. The summed E-state index contributed by atoms with van der Waals surface area (Å²) in [5.41, 5.74) is 6.19. The second-order valence-electron chi connectivity index (χ2n) is 6.37. The molecule has 3 aromatic rings. The van der Waals surface area contributed by atoms with E-state index in [2.05, 4.69) is 12.1 Å². The number of ether oxygens (including phenoxy) is 2. The molecule has 0 bridgehead atoms. The van der Waals surface area contributed by atoms with Crippen molar-refractivity contribution in [3.63, 3.8) is 0 Å². The van der Waals surface area contributed by atoms with Gasteiger partial charge in [-0.1, -0.05) is 42.5 Å². The molecule has 7 nitrogen and oxygen atoms in total. The highest BCUT2D eigenvalue weighted by atomic mass is 16.5. The van der Waals surface area contributed by atoms with Crippen LogP contribution < -0.4 is 20.5 Å². The van der Waals surface area contributed by atoms with Gasteiger partial charge in [0.25, 0.3) is 5.91 Å². The third-order valence-corrected chi connectivity index (χ3v) is 4.31. The van der Waals surface area contributed by atoms with Gasteiger partial charge in [0.05, 0.1) is 7.11 Å². The molecule has 0 aliphatic rings. The van der Waals surface area contributed by atoms with Crippen LogP contribution in [0, 0.1) is 11.3 Å². The van der Waals surface area contributed by atoms with Gasteiger partial charge in [0.1, 0.15) is 18.2 Å². The maximum absolute atomic E-state index is 11.8. The molecule has 3 rings (SSSR count). The number of benzene rings is 3. The van der Waals surface area contributed by atoms with Gasteiger partial charge in [-0.2, -0.15) is 5.26 Å². The van der Waals surface area contributed by atoms with Crippen LogP contribution in [0.5, 0.6) is 11.5 Å². The van der Waals surface area contributed by atoms with E-state index in [0.29, 0.717) is 23.7 Å². The molecular weight excluding hydrogens is 382 g/mol. The lowest BCUT2D eigenvalue weighted by Crippen LogP contribution is -2.35. The smallest absolute Gasteiger partial charge is 0.319 e. The van der Waals surface area contributed by atoms with Gasteiger partial charge in [-0.25, -0.2) is 4.79 Å². The molecule has 30 heavy (non-hydrogen) atoms. The molecule has 0 aliphatic heterocycles. The van der Waals surface area contributed by atoms with E-state index in [1.807, 2.05) is 35.6 Å². The quantitative estimate of drug-likeness (QED) is 0.484. The van der Waals surface area contributed by atoms with E-state index >= 15 is 0 Å². The highest BCUT2D eigenvalue weighted by molar-refractivity contribution is 6.08. The van der Waals surface area contributed by atoms with Crippen molar-refractivity contribution in [1.82, 2.24) is 5.32 Å². The third-order valence-electron chi connectivity index (χ3n) is 4.31. The Labute approximate surface area is 173 Å². The Balaban J connectivity index is 1.78. The van der Waals surface area contributed by atoms with Crippen LogP contribution in [0.2, 0.25) is 0 Å². The normalized spacial score (nSPS) is 10.9. The standard InChI is InChI=1S/C23H19N3O4/c1-29-21-12-15(10-19(13-24)22(27)26-23(25)28)7-9-20(21)30-14-16-6-8-17-4-2-3-5-18(17)11-16/h2-12H,14H2,1H3,(H3,25,26,27,28)/b19-10-. The van der Waals surface area contributed by atoms with E-state index in [9.17, 15) is 9.59 Å². The van der Waals surface area contributed by atoms with Crippen molar-refractivity contribution < 1.29 is 19.1 Å². The second-order valence-corrected chi connectivity index (χ2v) is 6.37. The fraction of sp³-hybridized carbons (Fsp3) is 0.0870. The zero-order valence-corrected chi connectivity index (χ0v) is 16.2. The van der Waals surface area contributed by atoms with Crippen LogP contribution in [0.3, 0.4) is 0 Å². The number of primary amides is 1. The topological polar surface area (TPSA) is 114 Å². The maximum atomic E-state index is 11.8. The zero-order valence-electron chi connectivity index (χ0n) is 16.2. The van der Waals surface area contributed by atoms with Crippen molar-refractivity contribution >= 4 is 28.8 Å². The number of amides is 3. The van der Waals surface area contributed by atoms with E-state index in [0.717, 1.165) is 16.3 Å². The Morgan fingerprint density at radius 3 is 2.53 bits per heavy atom. The van der Waals surface area contributed by atoms with Crippen LogP contribution in [0.15, 0.2) is 66.2 Å². The third kappa shape index (κ3) is 4.94. The van der Waals surface area contributed by atoms with Crippen molar-refractivity contribution in [2.24, 2.45) is 5.73 Å². The number of nitriles is 1. The Morgan fingerprint density at radius 1 is 1.07 bits per heavy atom.